The summed E-state index contributed by atoms with van der Waals surface area (Å²) in [6.45, 7) is 8.49. The summed E-state index contributed by atoms with van der Waals surface area (Å²) in [5.41, 5.74) is 6.99. The van der Waals surface area contributed by atoms with Gasteiger partial charge in [-0.25, -0.2) is 8.78 Å². The molecule has 278 valence electrons. The summed E-state index contributed by atoms with van der Waals surface area (Å²) in [5.74, 6) is -1.02. The highest BCUT2D eigenvalue weighted by molar-refractivity contribution is 6.32. The third kappa shape index (κ3) is 9.32. The molecule has 0 N–H and O–H groups in total. The molecule has 0 amide bonds. The Kier molecular flexibility index (Phi) is 13.1. The predicted molar refractivity (Wildman–Crippen MR) is 218 cm³/mol. The van der Waals surface area contributed by atoms with E-state index in [2.05, 4.69) is 49.8 Å². The van der Waals surface area contributed by atoms with Crippen molar-refractivity contribution in [3.8, 4) is 0 Å². The van der Waals surface area contributed by atoms with Gasteiger partial charge < -0.3 is 0 Å². The molecule has 0 saturated heterocycles. The first kappa shape index (κ1) is 39.8. The minimum absolute atomic E-state index is 0.0164. The Labute approximate surface area is 336 Å². The van der Waals surface area contributed by atoms with Crippen molar-refractivity contribution in [3.05, 3.63) is 192 Å². The number of pyridine rings is 3. The summed E-state index contributed by atoms with van der Waals surface area (Å²) >= 11 is 26.4. The molecule has 5 atom stereocenters. The molecular weight excluding hydrogens is 762 g/mol. The quantitative estimate of drug-likeness (QED) is 0.117. The van der Waals surface area contributed by atoms with Gasteiger partial charge in [0, 0.05) is 57.8 Å². The van der Waals surface area contributed by atoms with E-state index in [9.17, 15) is 4.39 Å². The fourth-order valence-electron chi connectivity index (χ4n) is 7.68. The van der Waals surface area contributed by atoms with Crippen molar-refractivity contribution in [1.82, 2.24) is 15.0 Å². The first-order valence-corrected chi connectivity index (χ1v) is 19.6. The number of halogens is 6. The lowest BCUT2D eigenvalue weighted by Crippen LogP contribution is -2.18. The second-order valence-electron chi connectivity index (χ2n) is 14.5. The smallest absolute Gasteiger partial charge is 0.145 e. The molecule has 9 heteroatoms. The number of nitrogens with zero attached hydrogens (tertiary/aromatic N) is 3. The van der Waals surface area contributed by atoms with Crippen LogP contribution in [0.4, 0.5) is 8.78 Å². The minimum Gasteiger partial charge on any atom is -0.259 e. The number of rotatable bonds is 13. The topological polar surface area (TPSA) is 38.7 Å². The fourth-order valence-corrected chi connectivity index (χ4v) is 8.29. The number of hydrogen-bond donors (Lipinski definition) is 0. The molecule has 0 aliphatic carbocycles. The van der Waals surface area contributed by atoms with E-state index in [1.807, 2.05) is 48.5 Å². The maximum Gasteiger partial charge on any atom is 0.145 e. The van der Waals surface area contributed by atoms with E-state index in [1.54, 1.807) is 36.8 Å². The van der Waals surface area contributed by atoms with Gasteiger partial charge in [-0.05, 0) is 119 Å². The number of benzene rings is 3. The monoisotopic (exact) mass is 801 g/mol. The van der Waals surface area contributed by atoms with E-state index in [1.165, 1.54) is 18.2 Å². The Bertz CT molecular complexity index is 2130. The van der Waals surface area contributed by atoms with Gasteiger partial charge in [0.05, 0.1) is 15.7 Å². The fraction of sp³-hybridized carbons (Fsp3) is 0.267. The molecule has 0 radical (unpaired) electrons. The van der Waals surface area contributed by atoms with Crippen molar-refractivity contribution >= 4 is 46.4 Å². The molecule has 0 spiro atoms. The lowest BCUT2D eigenvalue weighted by molar-refractivity contribution is 0.490. The largest absolute Gasteiger partial charge is 0.259 e. The van der Waals surface area contributed by atoms with Crippen LogP contribution < -0.4 is 0 Å². The Balaban J connectivity index is 1.35. The van der Waals surface area contributed by atoms with Crippen LogP contribution in [0.5, 0.6) is 0 Å². The van der Waals surface area contributed by atoms with Gasteiger partial charge in [0.2, 0.25) is 0 Å². The van der Waals surface area contributed by atoms with Crippen molar-refractivity contribution in [3.63, 3.8) is 0 Å². The predicted octanol–water partition coefficient (Wildman–Crippen LogP) is 13.6. The summed E-state index contributed by atoms with van der Waals surface area (Å²) in [6.07, 6.45) is 6.23. The van der Waals surface area contributed by atoms with E-state index in [4.69, 9.17) is 51.4 Å². The standard InChI is InChI=1S/C45H41Cl4F2N3/c1-26(2)42(45-39(51)6-5-19-52-45)31-11-17-37(48)32(22-31)20-28(4)44(29-7-12-34(46)13-8-29)41-23-33(38(49)25-54-41)21-27(3)43(30-9-15-36(50)16-10-30)40-18-14-35(47)24-53-40/h5-19,22-28,42-44H,20-21H2,1-4H3. The van der Waals surface area contributed by atoms with Crippen LogP contribution in [-0.2, 0) is 12.8 Å². The molecule has 3 aromatic carbocycles. The second-order valence-corrected chi connectivity index (χ2v) is 16.2. The SMILES string of the molecule is CC(C)C(c1ccc(Cl)c(CC(C)C(c2ccc(Cl)cc2)c2cc(CC(C)C(c3ccc(F)cc3)c3ccc(Cl)cn3)c(Cl)cn2)c1)c1ncccc1F. The van der Waals surface area contributed by atoms with Crippen LogP contribution in [-0.4, -0.2) is 15.0 Å². The molecular formula is C45H41Cl4F2N3. The Hall–Kier alpha value is -3.87. The average Bonchev–Trinajstić information content (AvgIpc) is 3.14. The first-order chi connectivity index (χ1) is 25.9. The van der Waals surface area contributed by atoms with Crippen LogP contribution in [0.1, 0.15) is 90.3 Å². The van der Waals surface area contributed by atoms with Crippen LogP contribution in [0.2, 0.25) is 20.1 Å². The van der Waals surface area contributed by atoms with Crippen molar-refractivity contribution < 1.29 is 8.78 Å². The molecule has 6 aromatic rings. The Morgan fingerprint density at radius 1 is 0.537 bits per heavy atom. The van der Waals surface area contributed by atoms with Crippen molar-refractivity contribution in [2.75, 3.05) is 0 Å². The first-order valence-electron chi connectivity index (χ1n) is 18.0. The highest BCUT2D eigenvalue weighted by atomic mass is 35.5. The van der Waals surface area contributed by atoms with E-state index < -0.39 is 0 Å². The Morgan fingerprint density at radius 2 is 1.11 bits per heavy atom. The normalized spacial score (nSPS) is 14.4. The zero-order valence-electron chi connectivity index (χ0n) is 30.5. The second kappa shape index (κ2) is 17.7. The van der Waals surface area contributed by atoms with Crippen LogP contribution in [0, 0.1) is 29.4 Å². The van der Waals surface area contributed by atoms with Gasteiger partial charge in [-0.2, -0.15) is 0 Å². The van der Waals surface area contributed by atoms with Gasteiger partial charge in [-0.1, -0.05) is 110 Å². The molecule has 5 unspecified atom stereocenters. The van der Waals surface area contributed by atoms with E-state index >= 15 is 4.39 Å². The summed E-state index contributed by atoms with van der Waals surface area (Å²) in [4.78, 5) is 14.0. The summed E-state index contributed by atoms with van der Waals surface area (Å²) in [5, 5.41) is 2.39. The van der Waals surface area contributed by atoms with Gasteiger partial charge in [-0.15, -0.1) is 0 Å². The maximum atomic E-state index is 15.0. The third-order valence-electron chi connectivity index (χ3n) is 10.2. The van der Waals surface area contributed by atoms with E-state index in [0.29, 0.717) is 38.6 Å². The summed E-state index contributed by atoms with van der Waals surface area (Å²) in [6, 6.07) is 29.3. The molecule has 0 bridgehead atoms. The maximum absolute atomic E-state index is 15.0. The average molecular weight is 804 g/mol. The molecule has 6 rings (SSSR count). The van der Waals surface area contributed by atoms with Crippen LogP contribution in [0.25, 0.3) is 0 Å². The highest BCUT2D eigenvalue weighted by Crippen LogP contribution is 2.40. The van der Waals surface area contributed by atoms with Crippen LogP contribution in [0.3, 0.4) is 0 Å². The van der Waals surface area contributed by atoms with Gasteiger partial charge >= 0.3 is 0 Å². The highest BCUT2D eigenvalue weighted by Gasteiger charge is 2.29. The van der Waals surface area contributed by atoms with Crippen molar-refractivity contribution in [1.29, 1.82) is 0 Å². The van der Waals surface area contributed by atoms with Gasteiger partial charge in [0.1, 0.15) is 11.6 Å². The molecule has 0 saturated carbocycles. The van der Waals surface area contributed by atoms with Crippen molar-refractivity contribution in [2.45, 2.75) is 58.3 Å². The lowest BCUT2D eigenvalue weighted by atomic mass is 9.78. The van der Waals surface area contributed by atoms with E-state index in [-0.39, 0.29) is 47.1 Å². The molecule has 54 heavy (non-hydrogen) atoms. The molecule has 0 aliphatic heterocycles. The van der Waals surface area contributed by atoms with Gasteiger partial charge in [-0.3, -0.25) is 15.0 Å². The minimum atomic E-state index is -0.323. The van der Waals surface area contributed by atoms with Gasteiger partial charge in [0.15, 0.2) is 0 Å². The third-order valence-corrected chi connectivity index (χ3v) is 11.4. The van der Waals surface area contributed by atoms with Gasteiger partial charge in [0.25, 0.3) is 0 Å². The molecule has 0 fully saturated rings. The summed E-state index contributed by atoms with van der Waals surface area (Å²) < 4.78 is 29.0. The van der Waals surface area contributed by atoms with Crippen LogP contribution in [0.15, 0.2) is 116 Å². The van der Waals surface area contributed by atoms with E-state index in [0.717, 1.165) is 39.2 Å². The molecule has 3 nitrogen and oxygen atoms in total. The molecule has 0 aliphatic rings. The zero-order chi connectivity index (χ0) is 38.5. The number of hydrogen-bond acceptors (Lipinski definition) is 3. The molecule has 3 aromatic heterocycles. The lowest BCUT2D eigenvalue weighted by Gasteiger charge is -2.28. The van der Waals surface area contributed by atoms with Crippen LogP contribution >= 0.6 is 46.4 Å². The number of aromatic nitrogens is 3. The zero-order valence-corrected chi connectivity index (χ0v) is 33.5. The Morgan fingerprint density at radius 3 is 1.72 bits per heavy atom. The van der Waals surface area contributed by atoms with Crippen molar-refractivity contribution in [2.24, 2.45) is 17.8 Å². The summed E-state index contributed by atoms with van der Waals surface area (Å²) in [7, 11) is 0. The molecule has 3 heterocycles.